The summed E-state index contributed by atoms with van der Waals surface area (Å²) in [5.41, 5.74) is 2.12. The number of rotatable bonds is 2. The van der Waals surface area contributed by atoms with E-state index in [4.69, 9.17) is 12.2 Å². The Labute approximate surface area is 104 Å². The van der Waals surface area contributed by atoms with Crippen molar-refractivity contribution in [2.24, 2.45) is 5.10 Å². The molecule has 0 aromatic heterocycles. The highest BCUT2D eigenvalue weighted by atomic mass is 32.2. The average molecular weight is 250 g/mol. The number of thioether (sulfide) groups is 1. The van der Waals surface area contributed by atoms with Crippen LogP contribution in [0.5, 0.6) is 0 Å². The lowest BCUT2D eigenvalue weighted by Crippen LogP contribution is -2.22. The van der Waals surface area contributed by atoms with Gasteiger partial charge >= 0.3 is 0 Å². The predicted octanol–water partition coefficient (Wildman–Crippen LogP) is 2.19. The molecule has 3 nitrogen and oxygen atoms in total. The van der Waals surface area contributed by atoms with E-state index in [0.29, 0.717) is 10.1 Å². The third kappa shape index (κ3) is 2.31. The van der Waals surface area contributed by atoms with Gasteiger partial charge in [0.25, 0.3) is 5.91 Å². The summed E-state index contributed by atoms with van der Waals surface area (Å²) in [6.45, 7) is 2.00. The summed E-state index contributed by atoms with van der Waals surface area (Å²) < 4.78 is 0.523. The fourth-order valence-electron chi connectivity index (χ4n) is 1.31. The minimum Gasteiger partial charge on any atom is -0.272 e. The predicted molar refractivity (Wildman–Crippen MR) is 70.7 cm³/mol. The third-order valence-corrected chi connectivity index (χ3v) is 3.57. The Morgan fingerprint density at radius 2 is 2.25 bits per heavy atom. The molecule has 1 aromatic rings. The van der Waals surface area contributed by atoms with Gasteiger partial charge in [-0.15, -0.1) is 0 Å². The van der Waals surface area contributed by atoms with Crippen LogP contribution in [0, 0.1) is 6.92 Å². The molecule has 16 heavy (non-hydrogen) atoms. The van der Waals surface area contributed by atoms with Crippen molar-refractivity contribution in [3.05, 3.63) is 35.4 Å². The minimum atomic E-state index is -0.0557. The summed E-state index contributed by atoms with van der Waals surface area (Å²) in [6, 6.07) is 7.86. The number of carbonyl (C=O) groups excluding carboxylic acids is 1. The summed E-state index contributed by atoms with van der Waals surface area (Å²) in [5, 5.41) is 5.40. The molecular weight excluding hydrogens is 240 g/mol. The molecule has 0 radical (unpaired) electrons. The first kappa shape index (κ1) is 11.3. The Kier molecular flexibility index (Phi) is 3.36. The van der Waals surface area contributed by atoms with Crippen LogP contribution in [0.3, 0.4) is 0 Å². The van der Waals surface area contributed by atoms with Crippen molar-refractivity contribution in [1.29, 1.82) is 0 Å². The molecule has 0 unspecified atom stereocenters. The molecule has 5 heteroatoms. The standard InChI is InChI=1S/C11H10N2OS2/c1-8-4-2-3-5-9(8)6-12-13-10(14)7-16-11(13)15/h2-6H,7H2,1H3/b12-6-. The van der Waals surface area contributed by atoms with Crippen LogP contribution in [0.15, 0.2) is 29.4 Å². The van der Waals surface area contributed by atoms with E-state index in [2.05, 4.69) is 5.10 Å². The summed E-state index contributed by atoms with van der Waals surface area (Å²) in [5.74, 6) is 0.337. The number of hydrazone groups is 1. The lowest BCUT2D eigenvalue weighted by atomic mass is 10.1. The molecule has 0 atom stereocenters. The van der Waals surface area contributed by atoms with Gasteiger partial charge in [-0.1, -0.05) is 48.2 Å². The minimum absolute atomic E-state index is 0.0557. The Morgan fingerprint density at radius 1 is 1.50 bits per heavy atom. The van der Waals surface area contributed by atoms with Gasteiger partial charge in [-0.2, -0.15) is 10.1 Å². The second-order valence-corrected chi connectivity index (χ2v) is 4.97. The first-order valence-corrected chi connectivity index (χ1v) is 6.17. The molecule has 1 heterocycles. The van der Waals surface area contributed by atoms with Crippen molar-refractivity contribution in [1.82, 2.24) is 5.01 Å². The molecule has 1 saturated heterocycles. The maximum Gasteiger partial charge on any atom is 0.259 e. The monoisotopic (exact) mass is 250 g/mol. The van der Waals surface area contributed by atoms with E-state index in [1.54, 1.807) is 6.21 Å². The van der Waals surface area contributed by atoms with E-state index in [0.717, 1.165) is 11.1 Å². The molecular formula is C11H10N2OS2. The quantitative estimate of drug-likeness (QED) is 0.596. The van der Waals surface area contributed by atoms with Crippen molar-refractivity contribution in [3.63, 3.8) is 0 Å². The Hall–Kier alpha value is -1.20. The molecule has 2 rings (SSSR count). The van der Waals surface area contributed by atoms with Crippen LogP contribution in [-0.4, -0.2) is 27.2 Å². The Balaban J connectivity index is 2.18. The van der Waals surface area contributed by atoms with Crippen molar-refractivity contribution < 1.29 is 4.79 Å². The second-order valence-electron chi connectivity index (χ2n) is 3.36. The number of nitrogens with zero attached hydrogens (tertiary/aromatic N) is 2. The summed E-state index contributed by atoms with van der Waals surface area (Å²) in [6.07, 6.45) is 1.67. The van der Waals surface area contributed by atoms with Gasteiger partial charge in [-0.25, -0.2) is 0 Å². The van der Waals surface area contributed by atoms with Crippen LogP contribution >= 0.6 is 24.0 Å². The van der Waals surface area contributed by atoms with Gasteiger partial charge < -0.3 is 0 Å². The number of hydrogen-bond donors (Lipinski definition) is 0. The highest BCUT2D eigenvalue weighted by Crippen LogP contribution is 2.19. The highest BCUT2D eigenvalue weighted by Gasteiger charge is 2.25. The smallest absolute Gasteiger partial charge is 0.259 e. The lowest BCUT2D eigenvalue weighted by Gasteiger charge is -2.06. The van der Waals surface area contributed by atoms with Crippen molar-refractivity contribution >= 4 is 40.4 Å². The molecule has 0 bridgehead atoms. The molecule has 0 spiro atoms. The van der Waals surface area contributed by atoms with Gasteiger partial charge in [0.2, 0.25) is 0 Å². The van der Waals surface area contributed by atoms with Crippen LogP contribution in [0.25, 0.3) is 0 Å². The lowest BCUT2D eigenvalue weighted by molar-refractivity contribution is -0.123. The SMILES string of the molecule is Cc1ccccc1/C=N\N1C(=O)CSC1=S. The van der Waals surface area contributed by atoms with Gasteiger partial charge in [0.15, 0.2) is 4.32 Å². The van der Waals surface area contributed by atoms with Gasteiger partial charge in [0.1, 0.15) is 0 Å². The number of carbonyl (C=O) groups is 1. The second kappa shape index (κ2) is 4.76. The van der Waals surface area contributed by atoms with E-state index in [-0.39, 0.29) is 5.91 Å². The van der Waals surface area contributed by atoms with E-state index in [1.165, 1.54) is 16.8 Å². The number of thiocarbonyl (C=S) groups is 1. The van der Waals surface area contributed by atoms with E-state index in [9.17, 15) is 4.79 Å². The summed E-state index contributed by atoms with van der Waals surface area (Å²) in [7, 11) is 0. The third-order valence-electron chi connectivity index (χ3n) is 2.23. The Bertz CT molecular complexity index is 455. The molecule has 0 N–H and O–H groups in total. The fourth-order valence-corrected chi connectivity index (χ4v) is 2.28. The zero-order valence-electron chi connectivity index (χ0n) is 8.71. The van der Waals surface area contributed by atoms with E-state index in [1.807, 2.05) is 31.2 Å². The van der Waals surface area contributed by atoms with Crippen LogP contribution in [0.4, 0.5) is 0 Å². The van der Waals surface area contributed by atoms with Gasteiger partial charge in [-0.3, -0.25) is 4.79 Å². The van der Waals surface area contributed by atoms with Crippen LogP contribution in [-0.2, 0) is 4.79 Å². The molecule has 1 fully saturated rings. The van der Waals surface area contributed by atoms with Crippen molar-refractivity contribution in [2.45, 2.75) is 6.92 Å². The molecule has 1 aliphatic rings. The zero-order chi connectivity index (χ0) is 11.5. The largest absolute Gasteiger partial charge is 0.272 e. The maximum absolute atomic E-state index is 11.4. The van der Waals surface area contributed by atoms with E-state index < -0.39 is 0 Å². The van der Waals surface area contributed by atoms with Gasteiger partial charge in [0.05, 0.1) is 12.0 Å². The van der Waals surface area contributed by atoms with Gasteiger partial charge in [-0.05, 0) is 18.1 Å². The van der Waals surface area contributed by atoms with Crippen LogP contribution < -0.4 is 0 Å². The number of benzene rings is 1. The van der Waals surface area contributed by atoms with Gasteiger partial charge in [0, 0.05) is 0 Å². The average Bonchev–Trinajstić information content (AvgIpc) is 2.58. The number of amides is 1. The molecule has 1 amide bonds. The fraction of sp³-hybridized carbons (Fsp3) is 0.182. The van der Waals surface area contributed by atoms with Crippen LogP contribution in [0.2, 0.25) is 0 Å². The molecule has 0 saturated carbocycles. The van der Waals surface area contributed by atoms with Crippen molar-refractivity contribution in [3.8, 4) is 0 Å². The molecule has 1 aromatic carbocycles. The first-order valence-electron chi connectivity index (χ1n) is 4.78. The Morgan fingerprint density at radius 3 is 2.88 bits per heavy atom. The molecule has 1 aliphatic heterocycles. The van der Waals surface area contributed by atoms with Crippen LogP contribution in [0.1, 0.15) is 11.1 Å². The summed E-state index contributed by atoms with van der Waals surface area (Å²) >= 11 is 6.37. The first-order chi connectivity index (χ1) is 7.68. The number of aryl methyl sites for hydroxylation is 1. The topological polar surface area (TPSA) is 32.7 Å². The summed E-state index contributed by atoms with van der Waals surface area (Å²) in [4.78, 5) is 11.4. The molecule has 82 valence electrons. The number of hydrogen-bond acceptors (Lipinski definition) is 4. The highest BCUT2D eigenvalue weighted by molar-refractivity contribution is 8.23. The maximum atomic E-state index is 11.4. The normalized spacial score (nSPS) is 16.4. The zero-order valence-corrected chi connectivity index (χ0v) is 10.3. The van der Waals surface area contributed by atoms with Crippen molar-refractivity contribution in [2.75, 3.05) is 5.75 Å². The molecule has 0 aliphatic carbocycles. The van der Waals surface area contributed by atoms with E-state index >= 15 is 0 Å².